The molecule has 0 aliphatic carbocycles. The summed E-state index contributed by atoms with van der Waals surface area (Å²) in [5.41, 5.74) is 4.95. The topological polar surface area (TPSA) is 139 Å². The second-order valence-electron chi connectivity index (χ2n) is 3.60. The molecule has 9 nitrogen and oxygen atoms in total. The van der Waals surface area contributed by atoms with Gasteiger partial charge in [0.1, 0.15) is 12.6 Å². The van der Waals surface area contributed by atoms with E-state index in [2.05, 4.69) is 10.1 Å². The van der Waals surface area contributed by atoms with Gasteiger partial charge in [0, 0.05) is 6.54 Å². The van der Waals surface area contributed by atoms with Gasteiger partial charge in [0.25, 0.3) is 0 Å². The molecule has 0 aromatic carbocycles. The number of carboxylic acid groups (broad SMARTS) is 1. The van der Waals surface area contributed by atoms with Crippen LogP contribution in [0.15, 0.2) is 0 Å². The van der Waals surface area contributed by atoms with E-state index in [4.69, 9.17) is 10.8 Å². The SMILES string of the molecule is CCN(CC(N)=O)C(=O)N[C@@H](CC(=O)OC)C(=O)O. The number of aliphatic carboxylic acids is 1. The van der Waals surface area contributed by atoms with Crippen LogP contribution in [0.3, 0.4) is 0 Å². The molecule has 0 spiro atoms. The number of urea groups is 1. The Hall–Kier alpha value is -2.32. The number of rotatable bonds is 7. The zero-order valence-corrected chi connectivity index (χ0v) is 10.7. The quantitative estimate of drug-likeness (QED) is 0.484. The summed E-state index contributed by atoms with van der Waals surface area (Å²) in [6.07, 6.45) is -0.508. The predicted octanol–water partition coefficient (Wildman–Crippen LogP) is -1.48. The van der Waals surface area contributed by atoms with E-state index in [9.17, 15) is 19.2 Å². The number of hydrogen-bond acceptors (Lipinski definition) is 5. The van der Waals surface area contributed by atoms with Crippen molar-refractivity contribution in [1.29, 1.82) is 0 Å². The molecule has 0 saturated heterocycles. The van der Waals surface area contributed by atoms with E-state index >= 15 is 0 Å². The van der Waals surface area contributed by atoms with Crippen LogP contribution < -0.4 is 11.1 Å². The van der Waals surface area contributed by atoms with Crippen molar-refractivity contribution in [1.82, 2.24) is 10.2 Å². The molecule has 3 amide bonds. The molecule has 1 atom stereocenters. The molecule has 0 heterocycles. The molecule has 9 heteroatoms. The molecular weight excluding hydrogens is 258 g/mol. The van der Waals surface area contributed by atoms with Gasteiger partial charge in [-0.25, -0.2) is 9.59 Å². The van der Waals surface area contributed by atoms with Gasteiger partial charge < -0.3 is 25.8 Å². The normalized spacial score (nSPS) is 11.3. The number of carboxylic acids is 1. The lowest BCUT2D eigenvalue weighted by molar-refractivity contribution is -0.147. The van der Waals surface area contributed by atoms with Gasteiger partial charge in [0.2, 0.25) is 5.91 Å². The van der Waals surface area contributed by atoms with Crippen LogP contribution in [-0.2, 0) is 19.1 Å². The van der Waals surface area contributed by atoms with Gasteiger partial charge in [-0.2, -0.15) is 0 Å². The van der Waals surface area contributed by atoms with Crippen molar-refractivity contribution in [2.45, 2.75) is 19.4 Å². The first-order valence-corrected chi connectivity index (χ1v) is 5.45. The Morgan fingerprint density at radius 3 is 2.32 bits per heavy atom. The fourth-order valence-corrected chi connectivity index (χ4v) is 1.21. The Balaban J connectivity index is 4.65. The first kappa shape index (κ1) is 16.7. The van der Waals surface area contributed by atoms with Crippen molar-refractivity contribution in [2.24, 2.45) is 5.73 Å². The van der Waals surface area contributed by atoms with Crippen LogP contribution >= 0.6 is 0 Å². The van der Waals surface area contributed by atoms with E-state index in [1.165, 1.54) is 0 Å². The van der Waals surface area contributed by atoms with E-state index < -0.39 is 36.3 Å². The molecule has 0 aliphatic heterocycles. The highest BCUT2D eigenvalue weighted by Gasteiger charge is 2.26. The van der Waals surface area contributed by atoms with Crippen molar-refractivity contribution in [3.05, 3.63) is 0 Å². The van der Waals surface area contributed by atoms with Crippen LogP contribution in [0, 0.1) is 0 Å². The minimum Gasteiger partial charge on any atom is -0.480 e. The summed E-state index contributed by atoms with van der Waals surface area (Å²) in [5.74, 6) is -2.88. The first-order valence-electron chi connectivity index (χ1n) is 5.45. The summed E-state index contributed by atoms with van der Waals surface area (Å²) in [6, 6.07) is -2.22. The number of carbonyl (C=O) groups is 4. The maximum atomic E-state index is 11.7. The minimum absolute atomic E-state index is 0.166. The standard InChI is InChI=1S/C10H17N3O6/c1-3-13(5-7(11)14)10(18)12-6(9(16)17)4-8(15)19-2/h6H,3-5H2,1-2H3,(H2,11,14)(H,12,18)(H,16,17)/t6-/m0/s1. The van der Waals surface area contributed by atoms with Gasteiger partial charge in [0.15, 0.2) is 0 Å². The molecule has 0 bridgehead atoms. The van der Waals surface area contributed by atoms with Gasteiger partial charge in [0.05, 0.1) is 13.5 Å². The molecule has 0 fully saturated rings. The highest BCUT2D eigenvalue weighted by Crippen LogP contribution is 1.98. The molecule has 0 rings (SSSR count). The Morgan fingerprint density at radius 1 is 1.37 bits per heavy atom. The van der Waals surface area contributed by atoms with Crippen LogP contribution in [0.2, 0.25) is 0 Å². The van der Waals surface area contributed by atoms with Crippen molar-refractivity contribution in [2.75, 3.05) is 20.2 Å². The van der Waals surface area contributed by atoms with Crippen LogP contribution in [0.25, 0.3) is 0 Å². The number of carbonyl (C=O) groups excluding carboxylic acids is 3. The molecule has 0 radical (unpaired) electrons. The summed E-state index contributed by atoms with van der Waals surface area (Å²) in [5, 5.41) is 11.0. The first-order chi connectivity index (χ1) is 8.81. The Kier molecular flexibility index (Phi) is 6.94. The largest absolute Gasteiger partial charge is 0.480 e. The fraction of sp³-hybridized carbons (Fsp3) is 0.600. The predicted molar refractivity (Wildman–Crippen MR) is 63.0 cm³/mol. The molecule has 0 unspecified atom stereocenters. The number of nitrogens with one attached hydrogen (secondary N) is 1. The Bertz CT molecular complexity index is 370. The Morgan fingerprint density at radius 2 is 1.95 bits per heavy atom. The van der Waals surface area contributed by atoms with Gasteiger partial charge in [-0.3, -0.25) is 9.59 Å². The minimum atomic E-state index is -1.43. The van der Waals surface area contributed by atoms with Crippen LogP contribution in [0.1, 0.15) is 13.3 Å². The van der Waals surface area contributed by atoms with Crippen molar-refractivity contribution >= 4 is 23.9 Å². The molecule has 19 heavy (non-hydrogen) atoms. The third-order valence-electron chi connectivity index (χ3n) is 2.21. The summed E-state index contributed by atoms with van der Waals surface area (Å²) in [4.78, 5) is 45.3. The summed E-state index contributed by atoms with van der Waals surface area (Å²) in [7, 11) is 1.11. The molecule has 0 aliphatic rings. The maximum Gasteiger partial charge on any atom is 0.326 e. The molecule has 0 aromatic rings. The third-order valence-corrected chi connectivity index (χ3v) is 2.21. The lowest BCUT2D eigenvalue weighted by Gasteiger charge is -2.22. The van der Waals surface area contributed by atoms with E-state index in [0.29, 0.717) is 0 Å². The summed E-state index contributed by atoms with van der Waals surface area (Å²) in [6.45, 7) is 1.42. The zero-order chi connectivity index (χ0) is 15.0. The number of amides is 3. The average Bonchev–Trinajstić information content (AvgIpc) is 2.34. The number of likely N-dealkylation sites (N-methyl/N-ethyl adjacent to an activating group) is 1. The summed E-state index contributed by atoms with van der Waals surface area (Å²) >= 11 is 0. The van der Waals surface area contributed by atoms with Gasteiger partial charge in [-0.15, -0.1) is 0 Å². The molecule has 0 aromatic heterocycles. The van der Waals surface area contributed by atoms with Crippen molar-refractivity contribution in [3.8, 4) is 0 Å². The number of methoxy groups -OCH3 is 1. The molecule has 4 N–H and O–H groups in total. The van der Waals surface area contributed by atoms with Crippen molar-refractivity contribution in [3.63, 3.8) is 0 Å². The number of nitrogens with two attached hydrogens (primary N) is 1. The number of nitrogens with zero attached hydrogens (tertiary/aromatic N) is 1. The van der Waals surface area contributed by atoms with E-state index in [0.717, 1.165) is 12.0 Å². The number of hydrogen-bond donors (Lipinski definition) is 3. The van der Waals surface area contributed by atoms with Crippen LogP contribution in [-0.4, -0.2) is 60.1 Å². The van der Waals surface area contributed by atoms with Gasteiger partial charge in [-0.1, -0.05) is 0 Å². The smallest absolute Gasteiger partial charge is 0.326 e. The highest BCUT2D eigenvalue weighted by molar-refractivity contribution is 5.88. The number of primary amides is 1. The van der Waals surface area contributed by atoms with E-state index in [-0.39, 0.29) is 13.1 Å². The van der Waals surface area contributed by atoms with Crippen LogP contribution in [0.5, 0.6) is 0 Å². The monoisotopic (exact) mass is 275 g/mol. The maximum absolute atomic E-state index is 11.7. The van der Waals surface area contributed by atoms with Gasteiger partial charge >= 0.3 is 18.0 Å². The third kappa shape index (κ3) is 6.24. The second kappa shape index (κ2) is 7.90. The van der Waals surface area contributed by atoms with Crippen molar-refractivity contribution < 1.29 is 29.0 Å². The molecule has 0 saturated carbocycles. The highest BCUT2D eigenvalue weighted by atomic mass is 16.5. The van der Waals surface area contributed by atoms with E-state index in [1.54, 1.807) is 6.92 Å². The zero-order valence-electron chi connectivity index (χ0n) is 10.7. The van der Waals surface area contributed by atoms with Gasteiger partial charge in [-0.05, 0) is 6.92 Å². The lowest BCUT2D eigenvalue weighted by Crippen LogP contribution is -2.50. The Labute approximate surface area is 109 Å². The average molecular weight is 275 g/mol. The molecular formula is C10H17N3O6. The van der Waals surface area contributed by atoms with E-state index in [1.807, 2.05) is 0 Å². The second-order valence-corrected chi connectivity index (χ2v) is 3.60. The summed E-state index contributed by atoms with van der Waals surface area (Å²) < 4.78 is 4.32. The fourth-order valence-electron chi connectivity index (χ4n) is 1.21. The number of ether oxygens (including phenoxy) is 1. The number of esters is 1. The lowest BCUT2D eigenvalue weighted by atomic mass is 10.2. The molecule has 108 valence electrons. The van der Waals surface area contributed by atoms with Crippen LogP contribution in [0.4, 0.5) is 4.79 Å².